The average molecular weight is 440 g/mol. The summed E-state index contributed by atoms with van der Waals surface area (Å²) in [5, 5.41) is 0.920. The lowest BCUT2D eigenvalue weighted by Gasteiger charge is -2.35. The molecule has 1 fully saturated rings. The average Bonchev–Trinajstić information content (AvgIpc) is 2.83. The number of benzene rings is 2. The monoisotopic (exact) mass is 439 g/mol. The molecule has 2 aliphatic rings. The molecule has 1 aliphatic heterocycles. The maximum atomic E-state index is 13.9. The quantitative estimate of drug-likeness (QED) is 0.584. The van der Waals surface area contributed by atoms with Crippen LogP contribution in [0.25, 0.3) is 22.6 Å². The first-order chi connectivity index (χ1) is 16.0. The molecule has 0 bridgehead atoms. The molecule has 2 aromatic carbocycles. The summed E-state index contributed by atoms with van der Waals surface area (Å²) in [6.45, 7) is 6.13. The third-order valence-corrected chi connectivity index (χ3v) is 6.78. The first-order valence-electron chi connectivity index (χ1n) is 11.7. The van der Waals surface area contributed by atoms with Gasteiger partial charge in [-0.2, -0.15) is 0 Å². The highest BCUT2D eigenvalue weighted by molar-refractivity contribution is 6.09. The number of fused-ring (bicyclic) bond motifs is 2. The van der Waals surface area contributed by atoms with Gasteiger partial charge in [-0.05, 0) is 47.6 Å². The van der Waals surface area contributed by atoms with E-state index in [1.165, 1.54) is 5.57 Å². The van der Waals surface area contributed by atoms with Gasteiger partial charge in [0.25, 0.3) is 5.91 Å². The first kappa shape index (κ1) is 21.4. The van der Waals surface area contributed by atoms with E-state index in [9.17, 15) is 9.59 Å². The number of aromatic nitrogens is 1. The van der Waals surface area contributed by atoms with E-state index < -0.39 is 0 Å². The highest BCUT2D eigenvalue weighted by Gasteiger charge is 2.31. The number of hydrogen-bond donors (Lipinski definition) is 0. The minimum atomic E-state index is 0.0567. The number of carbonyl (C=O) groups is 2. The molecule has 0 N–H and O–H groups in total. The smallest absolute Gasteiger partial charge is 0.255 e. The van der Waals surface area contributed by atoms with Crippen LogP contribution in [0.4, 0.5) is 0 Å². The summed E-state index contributed by atoms with van der Waals surface area (Å²) in [6.07, 6.45) is 4.00. The Kier molecular flexibility index (Phi) is 5.71. The fraction of sp³-hybridized carbons (Fsp3) is 0.321. The van der Waals surface area contributed by atoms with Crippen LogP contribution in [0.3, 0.4) is 0 Å². The van der Waals surface area contributed by atoms with Crippen molar-refractivity contribution >= 4 is 34.4 Å². The maximum absolute atomic E-state index is 13.9. The zero-order valence-electron chi connectivity index (χ0n) is 19.3. The molecule has 5 nitrogen and oxygen atoms in total. The van der Waals surface area contributed by atoms with E-state index >= 15 is 0 Å². The molecular weight excluding hydrogens is 410 g/mol. The summed E-state index contributed by atoms with van der Waals surface area (Å²) in [5.41, 5.74) is 6.01. The Morgan fingerprint density at radius 3 is 2.30 bits per heavy atom. The molecule has 1 aromatic heterocycles. The summed E-state index contributed by atoms with van der Waals surface area (Å²) < 4.78 is 0. The Morgan fingerprint density at radius 2 is 1.58 bits per heavy atom. The van der Waals surface area contributed by atoms with E-state index in [2.05, 4.69) is 25.1 Å². The topological polar surface area (TPSA) is 53.5 Å². The lowest BCUT2D eigenvalue weighted by Crippen LogP contribution is -2.50. The highest BCUT2D eigenvalue weighted by Crippen LogP contribution is 2.39. The van der Waals surface area contributed by atoms with Crippen molar-refractivity contribution < 1.29 is 9.59 Å². The molecule has 0 radical (unpaired) electrons. The summed E-state index contributed by atoms with van der Waals surface area (Å²) in [4.78, 5) is 34.4. The number of pyridine rings is 1. The SMILES string of the molecule is CC(=O)N1CCN(C(=O)c2c3c(nc4ccccc24)C(=Cc2ccccc2)CC(C)C3)CC1. The maximum Gasteiger partial charge on any atom is 0.255 e. The van der Waals surface area contributed by atoms with Crippen LogP contribution in [0.1, 0.15) is 47.4 Å². The number of para-hydroxylation sites is 1. The van der Waals surface area contributed by atoms with Crippen LogP contribution in [0.2, 0.25) is 0 Å². The second kappa shape index (κ2) is 8.81. The van der Waals surface area contributed by atoms with Crippen molar-refractivity contribution in [1.82, 2.24) is 14.8 Å². The van der Waals surface area contributed by atoms with Gasteiger partial charge in [0.1, 0.15) is 0 Å². The second-order valence-electron chi connectivity index (χ2n) is 9.22. The van der Waals surface area contributed by atoms with Gasteiger partial charge >= 0.3 is 0 Å². The van der Waals surface area contributed by atoms with Gasteiger partial charge in [0.2, 0.25) is 5.91 Å². The van der Waals surface area contributed by atoms with Gasteiger partial charge in [-0.15, -0.1) is 0 Å². The van der Waals surface area contributed by atoms with Crippen molar-refractivity contribution in [3.05, 3.63) is 77.0 Å². The molecule has 5 heteroatoms. The fourth-order valence-electron chi connectivity index (χ4n) is 5.11. The van der Waals surface area contributed by atoms with E-state index in [1.807, 2.05) is 52.3 Å². The van der Waals surface area contributed by atoms with Gasteiger partial charge in [0.15, 0.2) is 0 Å². The van der Waals surface area contributed by atoms with E-state index in [0.717, 1.165) is 46.1 Å². The van der Waals surface area contributed by atoms with E-state index in [-0.39, 0.29) is 11.8 Å². The van der Waals surface area contributed by atoms with Crippen LogP contribution in [-0.2, 0) is 11.2 Å². The van der Waals surface area contributed by atoms with Crippen molar-refractivity contribution in [1.29, 1.82) is 0 Å². The van der Waals surface area contributed by atoms with Crippen LogP contribution in [0.5, 0.6) is 0 Å². The molecule has 1 aliphatic carbocycles. The van der Waals surface area contributed by atoms with Crippen molar-refractivity contribution in [3.8, 4) is 0 Å². The second-order valence-corrected chi connectivity index (χ2v) is 9.22. The number of hydrogen-bond acceptors (Lipinski definition) is 3. The van der Waals surface area contributed by atoms with Gasteiger partial charge < -0.3 is 9.80 Å². The molecule has 2 heterocycles. The Bertz CT molecular complexity index is 1240. The van der Waals surface area contributed by atoms with Crippen molar-refractivity contribution in [2.75, 3.05) is 26.2 Å². The molecule has 0 spiro atoms. The van der Waals surface area contributed by atoms with Crippen LogP contribution < -0.4 is 0 Å². The van der Waals surface area contributed by atoms with Gasteiger partial charge in [0.05, 0.1) is 16.8 Å². The predicted octanol–water partition coefficient (Wildman–Crippen LogP) is 4.66. The van der Waals surface area contributed by atoms with Crippen molar-refractivity contribution in [3.63, 3.8) is 0 Å². The molecule has 3 aromatic rings. The van der Waals surface area contributed by atoms with Crippen molar-refractivity contribution in [2.45, 2.75) is 26.7 Å². The van der Waals surface area contributed by atoms with Crippen LogP contribution in [0, 0.1) is 5.92 Å². The number of allylic oxidation sites excluding steroid dienone is 1. The van der Waals surface area contributed by atoms with Gasteiger partial charge in [0, 0.05) is 38.5 Å². The summed E-state index contributed by atoms with van der Waals surface area (Å²) >= 11 is 0. The zero-order valence-corrected chi connectivity index (χ0v) is 19.3. The van der Waals surface area contributed by atoms with Crippen LogP contribution >= 0.6 is 0 Å². The minimum absolute atomic E-state index is 0.0567. The Morgan fingerprint density at radius 1 is 0.909 bits per heavy atom. The summed E-state index contributed by atoms with van der Waals surface area (Å²) in [5.74, 6) is 0.552. The first-order valence-corrected chi connectivity index (χ1v) is 11.7. The molecular formula is C28H29N3O2. The normalized spacial score (nSPS) is 19.6. The molecule has 0 saturated carbocycles. The number of rotatable bonds is 2. The summed E-state index contributed by atoms with van der Waals surface area (Å²) in [6, 6.07) is 18.3. The lowest BCUT2D eigenvalue weighted by atomic mass is 9.80. The minimum Gasteiger partial charge on any atom is -0.339 e. The Hall–Kier alpha value is -3.47. The fourth-order valence-corrected chi connectivity index (χ4v) is 5.11. The van der Waals surface area contributed by atoms with Gasteiger partial charge in [-0.25, -0.2) is 4.98 Å². The third-order valence-electron chi connectivity index (χ3n) is 6.78. The molecule has 168 valence electrons. The standard InChI is InChI=1S/C28H29N3O2/c1-19-16-22(18-21-8-4-3-5-9-21)27-24(17-19)26(23-10-6-7-11-25(23)29-27)28(33)31-14-12-30(13-15-31)20(2)32/h3-11,18-19H,12-17H2,1-2H3. The molecule has 33 heavy (non-hydrogen) atoms. The molecule has 1 saturated heterocycles. The van der Waals surface area contributed by atoms with Crippen LogP contribution in [-0.4, -0.2) is 52.8 Å². The van der Waals surface area contributed by atoms with E-state index in [4.69, 9.17) is 4.98 Å². The Labute approximate surface area is 194 Å². The van der Waals surface area contributed by atoms with E-state index in [1.54, 1.807) is 6.92 Å². The Balaban J connectivity index is 1.62. The lowest BCUT2D eigenvalue weighted by molar-refractivity contribution is -0.130. The molecule has 5 rings (SSSR count). The molecule has 2 amide bonds. The summed E-state index contributed by atoms with van der Waals surface area (Å²) in [7, 11) is 0. The van der Waals surface area contributed by atoms with Crippen molar-refractivity contribution in [2.24, 2.45) is 5.92 Å². The largest absolute Gasteiger partial charge is 0.339 e. The number of amides is 2. The molecule has 1 unspecified atom stereocenters. The number of nitrogens with zero attached hydrogens (tertiary/aromatic N) is 3. The third kappa shape index (κ3) is 4.15. The number of carbonyl (C=O) groups excluding carboxylic acids is 2. The van der Waals surface area contributed by atoms with E-state index in [0.29, 0.717) is 32.1 Å². The molecule has 1 atom stereocenters. The predicted molar refractivity (Wildman–Crippen MR) is 132 cm³/mol. The highest BCUT2D eigenvalue weighted by atomic mass is 16.2. The number of piperazine rings is 1. The van der Waals surface area contributed by atoms with Crippen LogP contribution in [0.15, 0.2) is 54.6 Å². The van der Waals surface area contributed by atoms with Gasteiger partial charge in [-0.3, -0.25) is 9.59 Å². The van der Waals surface area contributed by atoms with Gasteiger partial charge in [-0.1, -0.05) is 55.5 Å². The zero-order chi connectivity index (χ0) is 22.9.